The van der Waals surface area contributed by atoms with Crippen molar-refractivity contribution >= 4 is 22.0 Å². The molecule has 6 heteroatoms. The number of rotatable bonds is 2. The van der Waals surface area contributed by atoms with Gasteiger partial charge in [0.25, 0.3) is 0 Å². The summed E-state index contributed by atoms with van der Waals surface area (Å²) in [6.45, 7) is 5.88. The van der Waals surface area contributed by atoms with Crippen molar-refractivity contribution in [2.75, 3.05) is 7.11 Å². The van der Waals surface area contributed by atoms with E-state index in [0.29, 0.717) is 17.0 Å². The van der Waals surface area contributed by atoms with Crippen LogP contribution in [0.25, 0.3) is 0 Å². The lowest BCUT2D eigenvalue weighted by Crippen LogP contribution is -2.46. The van der Waals surface area contributed by atoms with E-state index >= 15 is 0 Å². The first-order chi connectivity index (χ1) is 10.3. The van der Waals surface area contributed by atoms with Gasteiger partial charge in [0.15, 0.2) is 0 Å². The summed E-state index contributed by atoms with van der Waals surface area (Å²) in [6, 6.07) is 6.88. The first-order valence-electron chi connectivity index (χ1n) is 6.83. The van der Waals surface area contributed by atoms with Crippen LogP contribution in [-0.2, 0) is 0 Å². The van der Waals surface area contributed by atoms with Gasteiger partial charge in [0.05, 0.1) is 24.8 Å². The summed E-state index contributed by atoms with van der Waals surface area (Å²) in [6.07, 6.45) is 0. The topological polar surface area (TPSA) is 74.2 Å². The van der Waals surface area contributed by atoms with E-state index in [1.54, 1.807) is 13.2 Å². The van der Waals surface area contributed by atoms with Gasteiger partial charge >= 0.3 is 6.03 Å². The molecule has 116 valence electrons. The lowest BCUT2D eigenvalue weighted by molar-refractivity contribution is 0.234. The molecule has 1 aliphatic rings. The number of carbonyl (C=O) groups is 1. The van der Waals surface area contributed by atoms with Crippen LogP contribution in [-0.4, -0.2) is 13.1 Å². The molecule has 0 radical (unpaired) electrons. The van der Waals surface area contributed by atoms with Gasteiger partial charge in [0.2, 0.25) is 0 Å². The Morgan fingerprint density at radius 1 is 1.36 bits per heavy atom. The van der Waals surface area contributed by atoms with E-state index in [2.05, 4.69) is 32.6 Å². The summed E-state index contributed by atoms with van der Waals surface area (Å²) in [5, 5.41) is 15.2. The van der Waals surface area contributed by atoms with Gasteiger partial charge in [-0.25, -0.2) is 4.79 Å². The van der Waals surface area contributed by atoms with Crippen molar-refractivity contribution in [3.8, 4) is 11.8 Å². The third-order valence-electron chi connectivity index (χ3n) is 3.45. The van der Waals surface area contributed by atoms with E-state index < -0.39 is 6.04 Å². The molecular formula is C16H18BrN3O2. The third kappa shape index (κ3) is 3.09. The molecule has 2 rings (SSSR count). The van der Waals surface area contributed by atoms with Crippen molar-refractivity contribution in [2.45, 2.75) is 26.8 Å². The fourth-order valence-corrected chi connectivity index (χ4v) is 2.82. The molecule has 0 spiro atoms. The van der Waals surface area contributed by atoms with Crippen LogP contribution in [0.5, 0.6) is 5.75 Å². The van der Waals surface area contributed by atoms with Gasteiger partial charge in [-0.2, -0.15) is 5.26 Å². The molecule has 1 atom stereocenters. The van der Waals surface area contributed by atoms with E-state index in [-0.39, 0.29) is 11.4 Å². The number of amides is 2. The number of hydrogen-bond donors (Lipinski definition) is 2. The number of allylic oxidation sites excluding steroid dienone is 1. The average molecular weight is 364 g/mol. The minimum atomic E-state index is -0.541. The van der Waals surface area contributed by atoms with Crippen molar-refractivity contribution in [1.82, 2.24) is 10.6 Å². The maximum Gasteiger partial charge on any atom is 0.319 e. The number of nitrogens with one attached hydrogen (secondary N) is 2. The minimum Gasteiger partial charge on any atom is -0.496 e. The van der Waals surface area contributed by atoms with Crippen LogP contribution in [0.1, 0.15) is 32.4 Å². The predicted molar refractivity (Wildman–Crippen MR) is 87.2 cm³/mol. The number of nitrogens with zero attached hydrogens (tertiary/aromatic N) is 1. The molecule has 1 aromatic carbocycles. The van der Waals surface area contributed by atoms with Crippen LogP contribution in [0.15, 0.2) is 33.9 Å². The number of benzene rings is 1. The summed E-state index contributed by atoms with van der Waals surface area (Å²) in [7, 11) is 1.57. The van der Waals surface area contributed by atoms with E-state index in [9.17, 15) is 10.1 Å². The second-order valence-electron chi connectivity index (χ2n) is 6.07. The summed E-state index contributed by atoms with van der Waals surface area (Å²) < 4.78 is 6.23. The summed E-state index contributed by atoms with van der Waals surface area (Å²) in [5.74, 6) is 0.622. The zero-order valence-electron chi connectivity index (χ0n) is 13.0. The Kier molecular flexibility index (Phi) is 4.47. The van der Waals surface area contributed by atoms with Gasteiger partial charge in [-0.1, -0.05) is 36.7 Å². The molecule has 0 saturated heterocycles. The quantitative estimate of drug-likeness (QED) is 0.842. The number of carbonyl (C=O) groups excluding carboxylic acids is 1. The first-order valence-corrected chi connectivity index (χ1v) is 7.63. The van der Waals surface area contributed by atoms with Gasteiger partial charge in [-0.05, 0) is 18.2 Å². The zero-order chi connectivity index (χ0) is 16.5. The molecule has 1 aromatic rings. The van der Waals surface area contributed by atoms with Crippen LogP contribution in [0.3, 0.4) is 0 Å². The van der Waals surface area contributed by atoms with E-state index in [4.69, 9.17) is 4.74 Å². The van der Waals surface area contributed by atoms with Crippen molar-refractivity contribution in [3.63, 3.8) is 0 Å². The van der Waals surface area contributed by atoms with Crippen molar-refractivity contribution in [3.05, 3.63) is 39.5 Å². The minimum absolute atomic E-state index is 0.323. The summed E-state index contributed by atoms with van der Waals surface area (Å²) in [5.41, 5.74) is 1.51. The van der Waals surface area contributed by atoms with E-state index in [1.165, 1.54) is 0 Å². The molecule has 22 heavy (non-hydrogen) atoms. The van der Waals surface area contributed by atoms with Crippen LogP contribution in [0.4, 0.5) is 4.79 Å². The van der Waals surface area contributed by atoms with Crippen LogP contribution >= 0.6 is 15.9 Å². The van der Waals surface area contributed by atoms with Crippen molar-refractivity contribution in [2.24, 2.45) is 5.41 Å². The monoisotopic (exact) mass is 363 g/mol. The maximum atomic E-state index is 12.0. The molecule has 0 bridgehead atoms. The largest absolute Gasteiger partial charge is 0.496 e. The molecule has 2 N–H and O–H groups in total. The molecular weight excluding hydrogens is 346 g/mol. The molecule has 0 aliphatic carbocycles. The van der Waals surface area contributed by atoms with Gasteiger partial charge in [0, 0.05) is 21.1 Å². The highest BCUT2D eigenvalue weighted by Gasteiger charge is 2.35. The Morgan fingerprint density at radius 2 is 2.05 bits per heavy atom. The highest BCUT2D eigenvalue weighted by molar-refractivity contribution is 9.10. The summed E-state index contributed by atoms with van der Waals surface area (Å²) in [4.78, 5) is 12.0. The number of methoxy groups -OCH3 is 1. The Labute approximate surface area is 138 Å². The van der Waals surface area contributed by atoms with Crippen LogP contribution in [0.2, 0.25) is 0 Å². The Bertz CT molecular complexity index is 684. The third-order valence-corrected chi connectivity index (χ3v) is 3.94. The SMILES string of the molecule is COc1ccc(Br)cc1[C@H]1NC(=O)NC(C(C)(C)C)=C1C#N. The van der Waals surface area contributed by atoms with E-state index in [0.717, 1.165) is 10.0 Å². The van der Waals surface area contributed by atoms with Gasteiger partial charge in [-0.15, -0.1) is 0 Å². The highest BCUT2D eigenvalue weighted by Crippen LogP contribution is 2.38. The zero-order valence-corrected chi connectivity index (χ0v) is 14.5. The maximum absolute atomic E-state index is 12.0. The fourth-order valence-electron chi connectivity index (χ4n) is 2.44. The molecule has 0 saturated carbocycles. The second kappa shape index (κ2) is 6.01. The number of hydrogen-bond acceptors (Lipinski definition) is 3. The predicted octanol–water partition coefficient (Wildman–Crippen LogP) is 3.64. The van der Waals surface area contributed by atoms with Gasteiger partial charge in [0.1, 0.15) is 5.75 Å². The lowest BCUT2D eigenvalue weighted by atomic mass is 9.84. The number of urea groups is 1. The molecule has 0 unspecified atom stereocenters. The van der Waals surface area contributed by atoms with Crippen molar-refractivity contribution < 1.29 is 9.53 Å². The molecule has 5 nitrogen and oxygen atoms in total. The first kappa shape index (κ1) is 16.4. The fraction of sp³-hybridized carbons (Fsp3) is 0.375. The van der Waals surface area contributed by atoms with Gasteiger partial charge < -0.3 is 15.4 Å². The average Bonchev–Trinajstić information content (AvgIpc) is 2.45. The highest BCUT2D eigenvalue weighted by atomic mass is 79.9. The molecule has 0 aromatic heterocycles. The molecule has 1 heterocycles. The number of halogens is 1. The normalized spacial score (nSPS) is 18.4. The van der Waals surface area contributed by atoms with Gasteiger partial charge in [-0.3, -0.25) is 0 Å². The van der Waals surface area contributed by atoms with E-state index in [1.807, 2.05) is 32.9 Å². The Balaban J connectivity index is 2.66. The molecule has 0 fully saturated rings. The molecule has 2 amide bonds. The Hall–Kier alpha value is -2.00. The van der Waals surface area contributed by atoms with Crippen LogP contribution in [0, 0.1) is 16.7 Å². The number of ether oxygens (including phenoxy) is 1. The summed E-state index contributed by atoms with van der Waals surface area (Å²) >= 11 is 3.42. The molecule has 1 aliphatic heterocycles. The number of nitriles is 1. The Morgan fingerprint density at radius 3 is 2.59 bits per heavy atom. The lowest BCUT2D eigenvalue weighted by Gasteiger charge is -2.33. The second-order valence-corrected chi connectivity index (χ2v) is 6.98. The van der Waals surface area contributed by atoms with Crippen LogP contribution < -0.4 is 15.4 Å². The van der Waals surface area contributed by atoms with Crippen molar-refractivity contribution in [1.29, 1.82) is 5.26 Å². The standard InChI is InChI=1S/C16H18BrN3O2/c1-16(2,3)14-11(8-18)13(19-15(21)20-14)10-7-9(17)5-6-12(10)22-4/h5-7,13H,1-4H3,(H2,19,20,21)/t13-/m1/s1. The smallest absolute Gasteiger partial charge is 0.319 e.